The maximum absolute atomic E-state index is 10.9. The number of hydrogen-bond donors (Lipinski definition) is 1. The lowest BCUT2D eigenvalue weighted by atomic mass is 10.2. The average Bonchev–Trinajstić information content (AvgIpc) is 2.96. The highest BCUT2D eigenvalue weighted by Crippen LogP contribution is 2.25. The van der Waals surface area contributed by atoms with Gasteiger partial charge < -0.3 is 9.84 Å². The highest BCUT2D eigenvalue weighted by Gasteiger charge is 2.25. The van der Waals surface area contributed by atoms with Crippen molar-refractivity contribution >= 4 is 33.7 Å². The van der Waals surface area contributed by atoms with Gasteiger partial charge >= 0.3 is 5.97 Å². The van der Waals surface area contributed by atoms with Crippen molar-refractivity contribution in [2.24, 2.45) is 4.99 Å². The molecule has 1 aliphatic rings. The number of ether oxygens (including phenoxy) is 1. The second-order valence-electron chi connectivity index (χ2n) is 4.35. The van der Waals surface area contributed by atoms with Gasteiger partial charge in [-0.2, -0.15) is 0 Å². The van der Waals surface area contributed by atoms with Crippen LogP contribution in [0.2, 0.25) is 0 Å². The second kappa shape index (κ2) is 5.13. The number of nitrogens with zero attached hydrogens (tertiary/aromatic N) is 2. The molecule has 0 radical (unpaired) electrons. The topological polar surface area (TPSA) is 71.8 Å². The predicted molar refractivity (Wildman–Crippen MR) is 78.7 cm³/mol. The number of hydrogen-bond acceptors (Lipinski definition) is 5. The van der Waals surface area contributed by atoms with Gasteiger partial charge in [-0.05, 0) is 24.3 Å². The Morgan fingerprint density at radius 2 is 2.25 bits per heavy atom. The molecule has 102 valence electrons. The SMILES string of the molecule is COc1ccc2nc(C3=N[C@H](C(=O)O)CS3)ccc2c1. The Bertz CT molecular complexity index is 715. The number of carboxylic acid groups (broad SMARTS) is 1. The molecular formula is C14H12N2O3S. The van der Waals surface area contributed by atoms with Crippen LogP contribution in [0.15, 0.2) is 35.3 Å². The van der Waals surface area contributed by atoms with Gasteiger partial charge in [-0.15, -0.1) is 11.8 Å². The van der Waals surface area contributed by atoms with Crippen molar-refractivity contribution < 1.29 is 14.6 Å². The fraction of sp³-hybridized carbons (Fsp3) is 0.214. The predicted octanol–water partition coefficient (Wildman–Crippen LogP) is 2.19. The van der Waals surface area contributed by atoms with Gasteiger partial charge in [0.15, 0.2) is 6.04 Å². The molecule has 1 aliphatic heterocycles. The number of fused-ring (bicyclic) bond motifs is 1. The van der Waals surface area contributed by atoms with Crippen LogP contribution in [0.1, 0.15) is 5.69 Å². The van der Waals surface area contributed by atoms with Crippen molar-refractivity contribution in [1.29, 1.82) is 0 Å². The summed E-state index contributed by atoms with van der Waals surface area (Å²) >= 11 is 1.43. The van der Waals surface area contributed by atoms with E-state index >= 15 is 0 Å². The van der Waals surface area contributed by atoms with E-state index in [0.717, 1.165) is 22.3 Å². The minimum Gasteiger partial charge on any atom is -0.497 e. The summed E-state index contributed by atoms with van der Waals surface area (Å²) in [5.41, 5.74) is 1.56. The second-order valence-corrected chi connectivity index (χ2v) is 5.36. The lowest BCUT2D eigenvalue weighted by molar-refractivity contribution is -0.137. The van der Waals surface area contributed by atoms with E-state index in [4.69, 9.17) is 9.84 Å². The van der Waals surface area contributed by atoms with Crippen LogP contribution in [-0.4, -0.2) is 40.0 Å². The zero-order valence-electron chi connectivity index (χ0n) is 10.7. The highest BCUT2D eigenvalue weighted by atomic mass is 32.2. The van der Waals surface area contributed by atoms with E-state index in [1.54, 1.807) is 7.11 Å². The van der Waals surface area contributed by atoms with Crippen molar-refractivity contribution in [1.82, 2.24) is 4.98 Å². The molecule has 1 aromatic carbocycles. The van der Waals surface area contributed by atoms with E-state index in [0.29, 0.717) is 10.8 Å². The van der Waals surface area contributed by atoms with Crippen molar-refractivity contribution in [3.05, 3.63) is 36.0 Å². The number of methoxy groups -OCH3 is 1. The van der Waals surface area contributed by atoms with Crippen LogP contribution < -0.4 is 4.74 Å². The highest BCUT2D eigenvalue weighted by molar-refractivity contribution is 8.14. The van der Waals surface area contributed by atoms with Crippen LogP contribution in [0, 0.1) is 0 Å². The van der Waals surface area contributed by atoms with E-state index in [-0.39, 0.29) is 0 Å². The van der Waals surface area contributed by atoms with Crippen molar-refractivity contribution in [2.75, 3.05) is 12.9 Å². The lowest BCUT2D eigenvalue weighted by Gasteiger charge is -2.04. The van der Waals surface area contributed by atoms with E-state index in [9.17, 15) is 4.79 Å². The molecule has 0 amide bonds. The van der Waals surface area contributed by atoms with Gasteiger partial charge in [0.25, 0.3) is 0 Å². The smallest absolute Gasteiger partial charge is 0.329 e. The summed E-state index contributed by atoms with van der Waals surface area (Å²) in [6.07, 6.45) is 0. The summed E-state index contributed by atoms with van der Waals surface area (Å²) in [7, 11) is 1.62. The maximum atomic E-state index is 10.9. The fourth-order valence-corrected chi connectivity index (χ4v) is 2.99. The van der Waals surface area contributed by atoms with Crippen LogP contribution >= 0.6 is 11.8 Å². The van der Waals surface area contributed by atoms with Gasteiger partial charge in [-0.1, -0.05) is 6.07 Å². The molecule has 0 bridgehead atoms. The summed E-state index contributed by atoms with van der Waals surface area (Å²) in [5.74, 6) is 0.357. The molecule has 3 rings (SSSR count). The lowest BCUT2D eigenvalue weighted by Crippen LogP contribution is -2.17. The Morgan fingerprint density at radius 3 is 2.95 bits per heavy atom. The Hall–Kier alpha value is -2.08. The van der Waals surface area contributed by atoms with Crippen molar-refractivity contribution in [2.45, 2.75) is 6.04 Å². The minimum absolute atomic E-state index is 0.465. The van der Waals surface area contributed by atoms with Gasteiger partial charge in [-0.25, -0.2) is 9.78 Å². The molecule has 1 aromatic heterocycles. The monoisotopic (exact) mass is 288 g/mol. The van der Waals surface area contributed by atoms with Crippen molar-refractivity contribution in [3.8, 4) is 5.75 Å². The molecule has 0 spiro atoms. The number of benzene rings is 1. The van der Waals surface area contributed by atoms with Gasteiger partial charge in [0.05, 0.1) is 18.3 Å². The maximum Gasteiger partial charge on any atom is 0.329 e. The standard InChI is InChI=1S/C14H12N2O3S/c1-19-9-3-5-10-8(6-9)2-4-11(15-10)13-16-12(7-20-13)14(17)18/h2-6,12H,7H2,1H3,(H,17,18)/t12-/m0/s1. The van der Waals surface area contributed by atoms with Gasteiger partial charge in [0, 0.05) is 11.1 Å². The average molecular weight is 288 g/mol. The van der Waals surface area contributed by atoms with E-state index < -0.39 is 12.0 Å². The summed E-state index contributed by atoms with van der Waals surface area (Å²) in [6, 6.07) is 8.78. The first-order chi connectivity index (χ1) is 9.67. The third kappa shape index (κ3) is 2.34. The Labute approximate surface area is 119 Å². The molecular weight excluding hydrogens is 276 g/mol. The van der Waals surface area contributed by atoms with Crippen LogP contribution in [0.25, 0.3) is 10.9 Å². The van der Waals surface area contributed by atoms with Crippen LogP contribution in [0.5, 0.6) is 5.75 Å². The number of carboxylic acids is 1. The molecule has 1 N–H and O–H groups in total. The van der Waals surface area contributed by atoms with Crippen LogP contribution in [-0.2, 0) is 4.79 Å². The molecule has 0 aliphatic carbocycles. The molecule has 0 saturated heterocycles. The molecule has 0 unspecified atom stereocenters. The number of aliphatic imine (C=N–C) groups is 1. The van der Waals surface area contributed by atoms with Crippen LogP contribution in [0.4, 0.5) is 0 Å². The first-order valence-electron chi connectivity index (χ1n) is 6.06. The third-order valence-corrected chi connectivity index (χ3v) is 4.12. The number of rotatable bonds is 3. The Balaban J connectivity index is 1.98. The van der Waals surface area contributed by atoms with Gasteiger partial charge in [0.2, 0.25) is 0 Å². The van der Waals surface area contributed by atoms with Crippen molar-refractivity contribution in [3.63, 3.8) is 0 Å². The summed E-state index contributed by atoms with van der Waals surface area (Å²) in [5, 5.41) is 10.6. The molecule has 0 saturated carbocycles. The summed E-state index contributed by atoms with van der Waals surface area (Å²) in [4.78, 5) is 19.6. The summed E-state index contributed by atoms with van der Waals surface area (Å²) in [6.45, 7) is 0. The van der Waals surface area contributed by atoms with Gasteiger partial charge in [-0.3, -0.25) is 4.99 Å². The van der Waals surface area contributed by atoms with E-state index in [2.05, 4.69) is 9.98 Å². The normalized spacial score (nSPS) is 18.1. The molecule has 20 heavy (non-hydrogen) atoms. The Kier molecular flexibility index (Phi) is 3.31. The number of thioether (sulfide) groups is 1. The fourth-order valence-electron chi connectivity index (χ4n) is 1.99. The quantitative estimate of drug-likeness (QED) is 0.937. The molecule has 5 nitrogen and oxygen atoms in total. The molecule has 1 atom stereocenters. The molecule has 2 heterocycles. The largest absolute Gasteiger partial charge is 0.497 e. The molecule has 6 heteroatoms. The first-order valence-corrected chi connectivity index (χ1v) is 7.04. The number of aliphatic carboxylic acids is 1. The number of aromatic nitrogens is 1. The summed E-state index contributed by atoms with van der Waals surface area (Å²) < 4.78 is 5.17. The Morgan fingerprint density at radius 1 is 1.40 bits per heavy atom. The minimum atomic E-state index is -0.891. The zero-order valence-corrected chi connectivity index (χ0v) is 11.6. The third-order valence-electron chi connectivity index (χ3n) is 3.05. The first kappa shape index (κ1) is 12.9. The number of pyridine rings is 1. The molecule has 2 aromatic rings. The van der Waals surface area contributed by atoms with E-state index in [1.807, 2.05) is 30.3 Å². The van der Waals surface area contributed by atoms with Crippen LogP contribution in [0.3, 0.4) is 0 Å². The number of carbonyl (C=O) groups is 1. The van der Waals surface area contributed by atoms with E-state index in [1.165, 1.54) is 11.8 Å². The van der Waals surface area contributed by atoms with Gasteiger partial charge in [0.1, 0.15) is 10.8 Å². The zero-order chi connectivity index (χ0) is 14.1. The molecule has 0 fully saturated rings.